The molecule has 2 rings (SSSR count). The van der Waals surface area contributed by atoms with Gasteiger partial charge in [-0.25, -0.2) is 8.42 Å². The number of aryl methyl sites for hydroxylation is 1. The van der Waals surface area contributed by atoms with Crippen LogP contribution in [-0.4, -0.2) is 19.4 Å². The average molecular weight is 290 g/mol. The van der Waals surface area contributed by atoms with Crippen molar-refractivity contribution >= 4 is 10.0 Å². The Kier molecular flexibility index (Phi) is 4.54. The van der Waals surface area contributed by atoms with E-state index in [0.29, 0.717) is 6.42 Å². The fraction of sp³-hybridized carbons (Fsp3) is 0.200. The van der Waals surface area contributed by atoms with Crippen LogP contribution < -0.4 is 5.84 Å². The van der Waals surface area contributed by atoms with E-state index in [1.807, 2.05) is 37.3 Å². The number of rotatable bonds is 5. The molecule has 0 aliphatic rings. The Balaban J connectivity index is 2.08. The van der Waals surface area contributed by atoms with Crippen molar-refractivity contribution in [3.05, 3.63) is 65.7 Å². The van der Waals surface area contributed by atoms with Crippen molar-refractivity contribution in [1.29, 1.82) is 0 Å². The first-order chi connectivity index (χ1) is 9.50. The molecule has 2 aromatic rings. The Bertz CT molecular complexity index is 652. The summed E-state index contributed by atoms with van der Waals surface area (Å²) in [4.78, 5) is 0.221. The molecule has 20 heavy (non-hydrogen) atoms. The van der Waals surface area contributed by atoms with Crippen molar-refractivity contribution in [3.8, 4) is 0 Å². The van der Waals surface area contributed by atoms with Gasteiger partial charge in [0.2, 0.25) is 0 Å². The minimum absolute atomic E-state index is 0.221. The van der Waals surface area contributed by atoms with Crippen LogP contribution in [0, 0.1) is 6.92 Å². The fourth-order valence-electron chi connectivity index (χ4n) is 1.85. The highest BCUT2D eigenvalue weighted by Gasteiger charge is 2.20. The lowest BCUT2D eigenvalue weighted by Crippen LogP contribution is -2.38. The van der Waals surface area contributed by atoms with E-state index >= 15 is 0 Å². The van der Waals surface area contributed by atoms with Crippen LogP contribution >= 0.6 is 0 Å². The lowest BCUT2D eigenvalue weighted by Gasteiger charge is -2.16. The quantitative estimate of drug-likeness (QED) is 0.677. The fourth-order valence-corrected chi connectivity index (χ4v) is 2.93. The molecule has 0 radical (unpaired) electrons. The zero-order valence-electron chi connectivity index (χ0n) is 11.4. The van der Waals surface area contributed by atoms with Crippen LogP contribution in [0.25, 0.3) is 0 Å². The lowest BCUT2D eigenvalue weighted by atomic mass is 10.2. The Morgan fingerprint density at radius 2 is 1.60 bits per heavy atom. The highest BCUT2D eigenvalue weighted by molar-refractivity contribution is 7.89. The number of hydrogen-bond acceptors (Lipinski definition) is 3. The topological polar surface area (TPSA) is 63.4 Å². The predicted octanol–water partition coefficient (Wildman–Crippen LogP) is 2.10. The third kappa shape index (κ3) is 3.45. The summed E-state index contributed by atoms with van der Waals surface area (Å²) in [5, 5.41) is 0. The van der Waals surface area contributed by atoms with Crippen molar-refractivity contribution in [1.82, 2.24) is 4.41 Å². The second kappa shape index (κ2) is 6.17. The van der Waals surface area contributed by atoms with E-state index in [-0.39, 0.29) is 11.4 Å². The maximum Gasteiger partial charge on any atom is 0.255 e. The third-order valence-corrected chi connectivity index (χ3v) is 4.76. The van der Waals surface area contributed by atoms with Gasteiger partial charge in [-0.15, -0.1) is 4.41 Å². The molecule has 0 unspecified atom stereocenters. The van der Waals surface area contributed by atoms with Crippen molar-refractivity contribution in [3.63, 3.8) is 0 Å². The molecule has 0 aromatic heterocycles. The first-order valence-electron chi connectivity index (χ1n) is 6.38. The molecule has 5 heteroatoms. The molecule has 0 aliphatic carbocycles. The van der Waals surface area contributed by atoms with E-state index in [0.717, 1.165) is 15.5 Å². The van der Waals surface area contributed by atoms with Gasteiger partial charge in [0, 0.05) is 6.54 Å². The smallest absolute Gasteiger partial charge is 0.255 e. The molecule has 0 atom stereocenters. The van der Waals surface area contributed by atoms with Crippen LogP contribution in [0.15, 0.2) is 59.5 Å². The molecule has 0 saturated carbocycles. The summed E-state index contributed by atoms with van der Waals surface area (Å²) in [5.41, 5.74) is 2.07. The van der Waals surface area contributed by atoms with Crippen molar-refractivity contribution < 1.29 is 8.42 Å². The largest absolute Gasteiger partial charge is 0.255 e. The summed E-state index contributed by atoms with van der Waals surface area (Å²) in [7, 11) is -3.61. The molecule has 2 N–H and O–H groups in total. The number of hydrogen-bond donors (Lipinski definition) is 1. The average Bonchev–Trinajstić information content (AvgIpc) is 2.46. The Hall–Kier alpha value is -1.69. The molecule has 4 nitrogen and oxygen atoms in total. The highest BCUT2D eigenvalue weighted by Crippen LogP contribution is 2.14. The zero-order valence-corrected chi connectivity index (χ0v) is 12.2. The van der Waals surface area contributed by atoms with Crippen molar-refractivity contribution in [2.75, 3.05) is 6.54 Å². The van der Waals surface area contributed by atoms with Crippen molar-refractivity contribution in [2.24, 2.45) is 5.84 Å². The Labute approximate surface area is 119 Å². The molecule has 2 aromatic carbocycles. The van der Waals surface area contributed by atoms with E-state index in [2.05, 4.69) is 0 Å². The van der Waals surface area contributed by atoms with Crippen LogP contribution in [0.3, 0.4) is 0 Å². The summed E-state index contributed by atoms with van der Waals surface area (Å²) in [6.45, 7) is 2.16. The van der Waals surface area contributed by atoms with E-state index in [1.54, 1.807) is 24.3 Å². The molecule has 0 fully saturated rings. The third-order valence-electron chi connectivity index (χ3n) is 3.09. The maximum absolute atomic E-state index is 12.3. The number of hydrazine groups is 1. The van der Waals surface area contributed by atoms with Gasteiger partial charge in [0.1, 0.15) is 0 Å². The summed E-state index contributed by atoms with van der Waals surface area (Å²) < 4.78 is 25.4. The van der Waals surface area contributed by atoms with Gasteiger partial charge in [0.15, 0.2) is 0 Å². The van der Waals surface area contributed by atoms with Crippen LogP contribution in [0.1, 0.15) is 11.1 Å². The van der Waals surface area contributed by atoms with Gasteiger partial charge in [-0.3, -0.25) is 5.84 Å². The summed E-state index contributed by atoms with van der Waals surface area (Å²) >= 11 is 0. The first kappa shape index (κ1) is 14.7. The summed E-state index contributed by atoms with van der Waals surface area (Å²) in [6.07, 6.45) is 0.586. The summed E-state index contributed by atoms with van der Waals surface area (Å²) in [5.74, 6) is 5.71. The molecule has 106 valence electrons. The number of sulfonamides is 1. The van der Waals surface area contributed by atoms with Crippen LogP contribution in [0.2, 0.25) is 0 Å². The Morgan fingerprint density at radius 1 is 1.00 bits per heavy atom. The van der Waals surface area contributed by atoms with Crippen molar-refractivity contribution in [2.45, 2.75) is 18.2 Å². The summed E-state index contributed by atoms with van der Waals surface area (Å²) in [6, 6.07) is 16.3. The highest BCUT2D eigenvalue weighted by atomic mass is 32.2. The van der Waals surface area contributed by atoms with E-state index in [4.69, 9.17) is 5.84 Å². The molecule has 0 aliphatic heterocycles. The predicted molar refractivity (Wildman–Crippen MR) is 79.4 cm³/mol. The van der Waals surface area contributed by atoms with E-state index < -0.39 is 10.0 Å². The minimum atomic E-state index is -3.61. The molecule has 0 spiro atoms. The van der Waals surface area contributed by atoms with Crippen LogP contribution in [0.4, 0.5) is 0 Å². The first-order valence-corrected chi connectivity index (χ1v) is 7.82. The molecule has 0 bridgehead atoms. The second-order valence-corrected chi connectivity index (χ2v) is 6.55. The monoisotopic (exact) mass is 290 g/mol. The standard InChI is InChI=1S/C15H18N2O2S/c1-13-7-9-15(10-8-13)20(18,19)17(16)12-11-14-5-3-2-4-6-14/h2-10H,11-12,16H2,1H3. The number of nitrogens with two attached hydrogens (primary N) is 1. The molecule has 0 heterocycles. The van der Waals surface area contributed by atoms with Crippen LogP contribution in [0.5, 0.6) is 0 Å². The van der Waals surface area contributed by atoms with Gasteiger partial charge >= 0.3 is 0 Å². The lowest BCUT2D eigenvalue weighted by molar-refractivity contribution is 0.429. The maximum atomic E-state index is 12.3. The zero-order chi connectivity index (χ0) is 14.6. The van der Waals surface area contributed by atoms with E-state index in [1.165, 1.54) is 0 Å². The van der Waals surface area contributed by atoms with Gasteiger partial charge in [-0.1, -0.05) is 48.0 Å². The van der Waals surface area contributed by atoms with Gasteiger partial charge in [-0.05, 0) is 31.0 Å². The van der Waals surface area contributed by atoms with Gasteiger partial charge < -0.3 is 0 Å². The Morgan fingerprint density at radius 3 is 2.20 bits per heavy atom. The van der Waals surface area contributed by atoms with Gasteiger partial charge in [-0.2, -0.15) is 0 Å². The van der Waals surface area contributed by atoms with Gasteiger partial charge in [0.25, 0.3) is 10.0 Å². The van der Waals surface area contributed by atoms with Gasteiger partial charge in [0.05, 0.1) is 4.90 Å². The number of benzene rings is 2. The molecular formula is C15H18N2O2S. The van der Waals surface area contributed by atoms with E-state index in [9.17, 15) is 8.42 Å². The normalized spacial score (nSPS) is 11.8. The molecule has 0 amide bonds. The minimum Gasteiger partial charge on any atom is -0.255 e. The second-order valence-electron chi connectivity index (χ2n) is 4.66. The number of nitrogens with zero attached hydrogens (tertiary/aromatic N) is 1. The van der Waals surface area contributed by atoms with Crippen LogP contribution in [-0.2, 0) is 16.4 Å². The SMILES string of the molecule is Cc1ccc(S(=O)(=O)N(N)CCc2ccccc2)cc1. The molecular weight excluding hydrogens is 272 g/mol. The molecule has 0 saturated heterocycles.